The molecule has 0 radical (unpaired) electrons. The fraction of sp³-hybridized carbons (Fsp3) is 0.389. The van der Waals surface area contributed by atoms with Gasteiger partial charge in [0.05, 0.1) is 11.8 Å². The van der Waals surface area contributed by atoms with Crippen molar-refractivity contribution in [1.82, 2.24) is 24.4 Å². The van der Waals surface area contributed by atoms with Crippen LogP contribution < -0.4 is 4.90 Å². The van der Waals surface area contributed by atoms with E-state index < -0.39 is 0 Å². The summed E-state index contributed by atoms with van der Waals surface area (Å²) in [5.74, 6) is 0. The van der Waals surface area contributed by atoms with Gasteiger partial charge in [-0.1, -0.05) is 0 Å². The summed E-state index contributed by atoms with van der Waals surface area (Å²) in [5, 5.41) is 1.11. The van der Waals surface area contributed by atoms with Gasteiger partial charge in [-0.15, -0.1) is 0 Å². The minimum atomic E-state index is 1.00. The van der Waals surface area contributed by atoms with Gasteiger partial charge in [-0.2, -0.15) is 0 Å². The molecule has 6 heteroatoms. The van der Waals surface area contributed by atoms with Crippen LogP contribution in [-0.4, -0.2) is 57.1 Å². The Kier molecular flexibility index (Phi) is 4.13. The lowest BCUT2D eigenvalue weighted by Crippen LogP contribution is -2.47. The topological polar surface area (TPSA) is 50.1 Å². The van der Waals surface area contributed by atoms with Crippen molar-refractivity contribution in [3.05, 3.63) is 48.9 Å². The van der Waals surface area contributed by atoms with Crippen LogP contribution in [0.5, 0.6) is 0 Å². The molecule has 1 aliphatic rings. The monoisotopic (exact) mass is 322 g/mol. The number of nitrogens with zero attached hydrogens (tertiary/aromatic N) is 6. The third-order valence-electron chi connectivity index (χ3n) is 4.83. The molecule has 3 aromatic rings. The molecule has 3 heterocycles. The highest BCUT2D eigenvalue weighted by molar-refractivity contribution is 5.81. The van der Waals surface area contributed by atoms with Gasteiger partial charge in [0.25, 0.3) is 0 Å². The average molecular weight is 322 g/mol. The first kappa shape index (κ1) is 15.1. The molecule has 4 rings (SSSR count). The largest absolute Gasteiger partial charge is 0.369 e. The van der Waals surface area contributed by atoms with Crippen LogP contribution >= 0.6 is 0 Å². The Morgan fingerprint density at radius 2 is 1.92 bits per heavy atom. The maximum absolute atomic E-state index is 4.29. The van der Waals surface area contributed by atoms with Gasteiger partial charge in [0.2, 0.25) is 0 Å². The van der Waals surface area contributed by atoms with E-state index in [0.29, 0.717) is 0 Å². The molecule has 0 bridgehead atoms. The lowest BCUT2D eigenvalue weighted by molar-refractivity contribution is 0.259. The van der Waals surface area contributed by atoms with Crippen molar-refractivity contribution in [3.8, 4) is 0 Å². The Balaban J connectivity index is 1.35. The summed E-state index contributed by atoms with van der Waals surface area (Å²) >= 11 is 0. The third-order valence-corrected chi connectivity index (χ3v) is 4.83. The summed E-state index contributed by atoms with van der Waals surface area (Å²) in [5.41, 5.74) is 3.57. The van der Waals surface area contributed by atoms with Crippen molar-refractivity contribution in [2.24, 2.45) is 7.05 Å². The number of anilines is 1. The molecule has 0 atom stereocenters. The van der Waals surface area contributed by atoms with Crippen LogP contribution in [0.25, 0.3) is 10.9 Å². The number of hydrogen-bond acceptors (Lipinski definition) is 5. The fourth-order valence-corrected chi connectivity index (χ4v) is 3.30. The molecule has 24 heavy (non-hydrogen) atoms. The minimum Gasteiger partial charge on any atom is -0.369 e. The quantitative estimate of drug-likeness (QED) is 0.732. The van der Waals surface area contributed by atoms with Crippen LogP contribution in [0, 0.1) is 0 Å². The first-order valence-corrected chi connectivity index (χ1v) is 8.42. The maximum Gasteiger partial charge on any atom is 0.116 e. The Hall–Kier alpha value is -2.47. The van der Waals surface area contributed by atoms with E-state index in [4.69, 9.17) is 0 Å². The molecule has 1 aromatic carbocycles. The van der Waals surface area contributed by atoms with Crippen LogP contribution in [0.3, 0.4) is 0 Å². The predicted molar refractivity (Wildman–Crippen MR) is 95.1 cm³/mol. The second kappa shape index (κ2) is 6.57. The van der Waals surface area contributed by atoms with Crippen molar-refractivity contribution >= 4 is 16.6 Å². The van der Waals surface area contributed by atoms with E-state index >= 15 is 0 Å². The number of imidazole rings is 1. The summed E-state index contributed by atoms with van der Waals surface area (Å²) in [6.45, 7) is 5.41. The molecular formula is C18H22N6. The molecule has 0 aliphatic carbocycles. The van der Waals surface area contributed by atoms with Gasteiger partial charge >= 0.3 is 0 Å². The average Bonchev–Trinajstić information content (AvgIpc) is 3.05. The Morgan fingerprint density at radius 3 is 2.71 bits per heavy atom. The summed E-state index contributed by atoms with van der Waals surface area (Å²) in [4.78, 5) is 17.6. The molecule has 0 N–H and O–H groups in total. The number of aromatic nitrogens is 4. The summed E-state index contributed by atoms with van der Waals surface area (Å²) in [6, 6.07) is 6.45. The van der Waals surface area contributed by atoms with E-state index in [1.807, 2.05) is 18.7 Å². The number of rotatable bonds is 4. The third kappa shape index (κ3) is 3.10. The minimum absolute atomic E-state index is 1.00. The van der Waals surface area contributed by atoms with Crippen molar-refractivity contribution in [3.63, 3.8) is 0 Å². The number of hydrogen-bond donors (Lipinski definition) is 0. The van der Waals surface area contributed by atoms with Gasteiger partial charge in [0.15, 0.2) is 0 Å². The van der Waals surface area contributed by atoms with E-state index in [1.165, 1.54) is 11.4 Å². The molecule has 0 spiro atoms. The highest BCUT2D eigenvalue weighted by Crippen LogP contribution is 2.21. The molecule has 124 valence electrons. The van der Waals surface area contributed by atoms with Crippen molar-refractivity contribution in [1.29, 1.82) is 0 Å². The SMILES string of the molecule is Cn1cncc1CCN1CCN(c2ccc3ncncc3c2)CC1. The first-order valence-electron chi connectivity index (χ1n) is 8.42. The zero-order chi connectivity index (χ0) is 16.4. The van der Waals surface area contributed by atoms with Gasteiger partial charge in [-0.3, -0.25) is 4.90 Å². The van der Waals surface area contributed by atoms with E-state index in [9.17, 15) is 0 Å². The smallest absolute Gasteiger partial charge is 0.116 e. The molecule has 0 saturated carbocycles. The Morgan fingerprint density at radius 1 is 1.04 bits per heavy atom. The number of aryl methyl sites for hydroxylation is 1. The molecule has 6 nitrogen and oxygen atoms in total. The van der Waals surface area contributed by atoms with Crippen molar-refractivity contribution in [2.75, 3.05) is 37.6 Å². The number of piperazine rings is 1. The zero-order valence-electron chi connectivity index (χ0n) is 14.0. The zero-order valence-corrected chi connectivity index (χ0v) is 14.0. The molecule has 1 aliphatic heterocycles. The Bertz CT molecular complexity index is 819. The normalized spacial score (nSPS) is 16.0. The fourth-order valence-electron chi connectivity index (χ4n) is 3.30. The van der Waals surface area contributed by atoms with E-state index in [-0.39, 0.29) is 0 Å². The van der Waals surface area contributed by atoms with Crippen LogP contribution in [0.1, 0.15) is 5.69 Å². The van der Waals surface area contributed by atoms with Crippen LogP contribution in [0.15, 0.2) is 43.2 Å². The molecule has 0 unspecified atom stereocenters. The Labute approximate surface area is 141 Å². The van der Waals surface area contributed by atoms with Crippen LogP contribution in [0.4, 0.5) is 5.69 Å². The summed E-state index contributed by atoms with van der Waals surface area (Å²) in [6.07, 6.45) is 8.38. The predicted octanol–water partition coefficient (Wildman–Crippen LogP) is 1.73. The van der Waals surface area contributed by atoms with E-state index in [1.54, 1.807) is 6.33 Å². The van der Waals surface area contributed by atoms with Crippen LogP contribution in [0.2, 0.25) is 0 Å². The summed E-state index contributed by atoms with van der Waals surface area (Å²) in [7, 11) is 2.06. The molecule has 1 fully saturated rings. The number of benzene rings is 1. The first-order chi connectivity index (χ1) is 11.8. The lowest BCUT2D eigenvalue weighted by atomic mass is 10.2. The molecule has 0 amide bonds. The maximum atomic E-state index is 4.29. The lowest BCUT2D eigenvalue weighted by Gasteiger charge is -2.36. The van der Waals surface area contributed by atoms with Gasteiger partial charge in [-0.25, -0.2) is 15.0 Å². The second-order valence-electron chi connectivity index (χ2n) is 6.34. The van der Waals surface area contributed by atoms with Gasteiger partial charge in [-0.05, 0) is 18.2 Å². The van der Waals surface area contributed by atoms with Crippen molar-refractivity contribution in [2.45, 2.75) is 6.42 Å². The molecular weight excluding hydrogens is 300 g/mol. The highest BCUT2D eigenvalue weighted by Gasteiger charge is 2.17. The van der Waals surface area contributed by atoms with Crippen molar-refractivity contribution < 1.29 is 0 Å². The standard InChI is InChI=1S/C18H22N6/c1-22-14-20-12-17(22)4-5-23-6-8-24(9-7-23)16-2-3-18-15(10-16)11-19-13-21-18/h2-3,10-14H,4-9H2,1H3. The highest BCUT2D eigenvalue weighted by atomic mass is 15.3. The molecule has 2 aromatic heterocycles. The molecule has 1 saturated heterocycles. The van der Waals surface area contributed by atoms with Gasteiger partial charge in [0, 0.05) is 75.4 Å². The van der Waals surface area contributed by atoms with E-state index in [0.717, 1.165) is 50.0 Å². The summed E-state index contributed by atoms with van der Waals surface area (Å²) < 4.78 is 2.10. The van der Waals surface area contributed by atoms with Gasteiger partial charge < -0.3 is 9.47 Å². The second-order valence-corrected chi connectivity index (χ2v) is 6.34. The van der Waals surface area contributed by atoms with Gasteiger partial charge in [0.1, 0.15) is 6.33 Å². The number of fused-ring (bicyclic) bond motifs is 1. The van der Waals surface area contributed by atoms with Crippen LogP contribution in [-0.2, 0) is 13.5 Å². The van der Waals surface area contributed by atoms with E-state index in [2.05, 4.69) is 54.6 Å².